The van der Waals surface area contributed by atoms with Gasteiger partial charge in [-0.05, 0) is 34.5 Å². The molecule has 4 heteroatoms. The SMILES string of the molecule is COc1ccc([C@H]2C(C#N)=C(N)Oc3ccc4ccccc4c32)cc1. The molecule has 0 bridgehead atoms. The number of nitrogens with zero attached hydrogens (tertiary/aromatic N) is 1. The highest BCUT2D eigenvalue weighted by atomic mass is 16.5. The van der Waals surface area contributed by atoms with E-state index in [9.17, 15) is 5.26 Å². The van der Waals surface area contributed by atoms with Gasteiger partial charge in [0.15, 0.2) is 0 Å². The maximum Gasteiger partial charge on any atom is 0.205 e. The predicted molar refractivity (Wildman–Crippen MR) is 96.2 cm³/mol. The molecule has 25 heavy (non-hydrogen) atoms. The number of allylic oxidation sites excluding steroid dienone is 1. The van der Waals surface area contributed by atoms with E-state index in [1.54, 1.807) is 7.11 Å². The number of nitrogens with two attached hydrogens (primary N) is 1. The molecule has 0 fully saturated rings. The van der Waals surface area contributed by atoms with Crippen LogP contribution in [0.1, 0.15) is 17.0 Å². The van der Waals surface area contributed by atoms with E-state index in [1.165, 1.54) is 0 Å². The van der Waals surface area contributed by atoms with Crippen molar-refractivity contribution in [3.8, 4) is 17.6 Å². The van der Waals surface area contributed by atoms with Gasteiger partial charge in [-0.2, -0.15) is 5.26 Å². The molecule has 1 heterocycles. The summed E-state index contributed by atoms with van der Waals surface area (Å²) < 4.78 is 11.0. The van der Waals surface area contributed by atoms with E-state index in [1.807, 2.05) is 54.6 Å². The molecule has 4 rings (SSSR count). The number of methoxy groups -OCH3 is 1. The van der Waals surface area contributed by atoms with E-state index in [0.717, 1.165) is 27.6 Å². The van der Waals surface area contributed by atoms with Gasteiger partial charge >= 0.3 is 0 Å². The molecule has 0 radical (unpaired) electrons. The summed E-state index contributed by atoms with van der Waals surface area (Å²) >= 11 is 0. The zero-order chi connectivity index (χ0) is 17.4. The molecule has 0 aliphatic carbocycles. The van der Waals surface area contributed by atoms with Crippen molar-refractivity contribution in [2.24, 2.45) is 5.73 Å². The minimum absolute atomic E-state index is 0.158. The quantitative estimate of drug-likeness (QED) is 0.770. The van der Waals surface area contributed by atoms with Gasteiger partial charge in [0.25, 0.3) is 0 Å². The lowest BCUT2D eigenvalue weighted by Crippen LogP contribution is -2.21. The molecular weight excluding hydrogens is 312 g/mol. The van der Waals surface area contributed by atoms with Crippen LogP contribution in [0.15, 0.2) is 72.1 Å². The lowest BCUT2D eigenvalue weighted by Gasteiger charge is -2.28. The van der Waals surface area contributed by atoms with Crippen molar-refractivity contribution in [3.05, 3.63) is 83.2 Å². The van der Waals surface area contributed by atoms with E-state index < -0.39 is 0 Å². The summed E-state index contributed by atoms with van der Waals surface area (Å²) in [6, 6.07) is 21.9. The zero-order valence-electron chi connectivity index (χ0n) is 13.7. The number of fused-ring (bicyclic) bond motifs is 3. The Morgan fingerprint density at radius 3 is 2.52 bits per heavy atom. The summed E-state index contributed by atoms with van der Waals surface area (Å²) in [5.74, 6) is 1.34. The third-order valence-corrected chi connectivity index (χ3v) is 4.56. The Morgan fingerprint density at radius 1 is 1.04 bits per heavy atom. The molecule has 4 nitrogen and oxygen atoms in total. The van der Waals surface area contributed by atoms with Crippen molar-refractivity contribution in [1.29, 1.82) is 5.26 Å². The summed E-state index contributed by atoms with van der Waals surface area (Å²) in [6.07, 6.45) is 0. The molecule has 1 aliphatic rings. The Labute approximate surface area is 145 Å². The van der Waals surface area contributed by atoms with Gasteiger partial charge in [0, 0.05) is 5.56 Å². The standard InChI is InChI=1S/C21H16N2O2/c1-24-15-9-6-14(7-10-15)19-17(12-22)21(23)25-18-11-8-13-4-2-3-5-16(13)20(18)19/h2-11,19H,23H2,1H3/t19-/m0/s1. The topological polar surface area (TPSA) is 68.3 Å². The third-order valence-electron chi connectivity index (χ3n) is 4.56. The van der Waals surface area contributed by atoms with E-state index in [0.29, 0.717) is 11.3 Å². The molecule has 3 aromatic carbocycles. The summed E-state index contributed by atoms with van der Waals surface area (Å²) in [5, 5.41) is 11.9. The van der Waals surface area contributed by atoms with Crippen molar-refractivity contribution in [1.82, 2.24) is 0 Å². The first-order valence-corrected chi connectivity index (χ1v) is 7.96. The summed E-state index contributed by atoms with van der Waals surface area (Å²) in [5.41, 5.74) is 8.41. The van der Waals surface area contributed by atoms with Crippen LogP contribution in [0.25, 0.3) is 10.8 Å². The van der Waals surface area contributed by atoms with Crippen LogP contribution in [0.2, 0.25) is 0 Å². The molecule has 1 atom stereocenters. The Bertz CT molecular complexity index is 1030. The second-order valence-electron chi connectivity index (χ2n) is 5.90. The van der Waals surface area contributed by atoms with Crippen molar-refractivity contribution in [2.75, 3.05) is 7.11 Å². The average Bonchev–Trinajstić information content (AvgIpc) is 2.66. The number of hydrogen-bond donors (Lipinski definition) is 1. The monoisotopic (exact) mass is 328 g/mol. The van der Waals surface area contributed by atoms with Crippen LogP contribution in [0.3, 0.4) is 0 Å². The third kappa shape index (κ3) is 2.38. The minimum atomic E-state index is -0.272. The van der Waals surface area contributed by atoms with Crippen LogP contribution < -0.4 is 15.2 Å². The van der Waals surface area contributed by atoms with Gasteiger partial charge in [0.05, 0.1) is 13.0 Å². The van der Waals surface area contributed by atoms with E-state index in [2.05, 4.69) is 12.1 Å². The number of nitriles is 1. The average molecular weight is 328 g/mol. The van der Waals surface area contributed by atoms with Crippen LogP contribution >= 0.6 is 0 Å². The lowest BCUT2D eigenvalue weighted by atomic mass is 9.81. The Balaban J connectivity index is 2.00. The van der Waals surface area contributed by atoms with Crippen LogP contribution in [0, 0.1) is 11.3 Å². The van der Waals surface area contributed by atoms with Gasteiger partial charge < -0.3 is 15.2 Å². The molecule has 122 valence electrons. The first-order chi connectivity index (χ1) is 12.2. The van der Waals surface area contributed by atoms with Gasteiger partial charge in [-0.1, -0.05) is 42.5 Å². The number of hydrogen-bond acceptors (Lipinski definition) is 4. The summed E-state index contributed by atoms with van der Waals surface area (Å²) in [7, 11) is 1.63. The number of ether oxygens (including phenoxy) is 2. The van der Waals surface area contributed by atoms with Crippen LogP contribution in [0.5, 0.6) is 11.5 Å². The van der Waals surface area contributed by atoms with Gasteiger partial charge in [-0.25, -0.2) is 0 Å². The van der Waals surface area contributed by atoms with Crippen molar-refractivity contribution < 1.29 is 9.47 Å². The number of benzene rings is 3. The molecule has 1 aliphatic heterocycles. The molecule has 0 saturated heterocycles. The predicted octanol–water partition coefficient (Wildman–Crippen LogP) is 4.07. The van der Waals surface area contributed by atoms with E-state index in [4.69, 9.17) is 15.2 Å². The van der Waals surface area contributed by atoms with Crippen molar-refractivity contribution in [2.45, 2.75) is 5.92 Å². The fourth-order valence-corrected chi connectivity index (χ4v) is 3.37. The van der Waals surface area contributed by atoms with Crippen LogP contribution in [-0.2, 0) is 0 Å². The largest absolute Gasteiger partial charge is 0.497 e. The highest BCUT2D eigenvalue weighted by Crippen LogP contribution is 2.45. The maximum absolute atomic E-state index is 9.70. The first-order valence-electron chi connectivity index (χ1n) is 7.96. The van der Waals surface area contributed by atoms with Crippen molar-refractivity contribution >= 4 is 10.8 Å². The fourth-order valence-electron chi connectivity index (χ4n) is 3.37. The molecule has 0 unspecified atom stereocenters. The van der Waals surface area contributed by atoms with Crippen LogP contribution in [-0.4, -0.2) is 7.11 Å². The van der Waals surface area contributed by atoms with Crippen LogP contribution in [0.4, 0.5) is 0 Å². The molecule has 0 spiro atoms. The maximum atomic E-state index is 9.70. The number of rotatable bonds is 2. The van der Waals surface area contributed by atoms with Gasteiger partial charge in [0.1, 0.15) is 23.1 Å². The van der Waals surface area contributed by atoms with Gasteiger partial charge in [-0.15, -0.1) is 0 Å². The fraction of sp³-hybridized carbons (Fsp3) is 0.0952. The lowest BCUT2D eigenvalue weighted by molar-refractivity contribution is 0.395. The molecule has 0 saturated carbocycles. The van der Waals surface area contributed by atoms with Gasteiger partial charge in [-0.3, -0.25) is 0 Å². The highest BCUT2D eigenvalue weighted by molar-refractivity contribution is 5.90. The minimum Gasteiger partial charge on any atom is -0.497 e. The second-order valence-corrected chi connectivity index (χ2v) is 5.90. The normalized spacial score (nSPS) is 16.1. The Morgan fingerprint density at radius 2 is 1.80 bits per heavy atom. The van der Waals surface area contributed by atoms with E-state index >= 15 is 0 Å². The molecule has 0 aromatic heterocycles. The molecule has 3 aromatic rings. The Hall–Kier alpha value is -3.45. The van der Waals surface area contributed by atoms with Crippen molar-refractivity contribution in [3.63, 3.8) is 0 Å². The summed E-state index contributed by atoms with van der Waals surface area (Å²) in [6.45, 7) is 0. The molecular formula is C21H16N2O2. The smallest absolute Gasteiger partial charge is 0.205 e. The summed E-state index contributed by atoms with van der Waals surface area (Å²) in [4.78, 5) is 0. The highest BCUT2D eigenvalue weighted by Gasteiger charge is 2.32. The van der Waals surface area contributed by atoms with Gasteiger partial charge in [0.2, 0.25) is 5.88 Å². The Kier molecular flexibility index (Phi) is 3.55. The second kappa shape index (κ2) is 5.88. The molecule has 2 N–H and O–H groups in total. The first kappa shape index (κ1) is 15.1. The zero-order valence-corrected chi connectivity index (χ0v) is 13.7. The van der Waals surface area contributed by atoms with E-state index in [-0.39, 0.29) is 11.8 Å². The molecule has 0 amide bonds.